The van der Waals surface area contributed by atoms with E-state index in [0.29, 0.717) is 17.4 Å². The zero-order valence-electron chi connectivity index (χ0n) is 10.9. The summed E-state index contributed by atoms with van der Waals surface area (Å²) >= 11 is 3.37. The lowest BCUT2D eigenvalue weighted by Crippen LogP contribution is -2.11. The number of ether oxygens (including phenoxy) is 1. The second kappa shape index (κ2) is 5.32. The molecule has 1 aliphatic rings. The number of esters is 1. The molecule has 1 fully saturated rings. The maximum Gasteiger partial charge on any atom is 0.355 e. The molecule has 4 nitrogen and oxygen atoms in total. The van der Waals surface area contributed by atoms with Gasteiger partial charge in [0.05, 0.1) is 5.69 Å². The third-order valence-electron chi connectivity index (χ3n) is 3.30. The van der Waals surface area contributed by atoms with Crippen molar-refractivity contribution in [3.63, 3.8) is 0 Å². The number of aromatic nitrogens is 1. The van der Waals surface area contributed by atoms with Gasteiger partial charge in [0.25, 0.3) is 0 Å². The molecule has 0 radical (unpaired) electrons. The summed E-state index contributed by atoms with van der Waals surface area (Å²) in [5, 5.41) is 0. The summed E-state index contributed by atoms with van der Waals surface area (Å²) in [7, 11) is 0. The average Bonchev–Trinajstić information content (AvgIpc) is 3.20. The van der Waals surface area contributed by atoms with Gasteiger partial charge in [0.2, 0.25) is 0 Å². The Hall–Kier alpha value is -1.75. The quantitative estimate of drug-likeness (QED) is 0.870. The lowest BCUT2D eigenvalue weighted by molar-refractivity contribution is 0.0460. The number of benzene rings is 1. The molecule has 0 amide bonds. The van der Waals surface area contributed by atoms with Crippen LogP contribution in [0.4, 0.5) is 5.69 Å². The fraction of sp³-hybridized carbons (Fsp3) is 0.267. The maximum atomic E-state index is 12.1. The van der Waals surface area contributed by atoms with Crippen molar-refractivity contribution in [2.45, 2.75) is 25.5 Å². The smallest absolute Gasteiger partial charge is 0.355 e. The van der Waals surface area contributed by atoms with Crippen LogP contribution in [0.15, 0.2) is 41.0 Å². The summed E-state index contributed by atoms with van der Waals surface area (Å²) in [4.78, 5) is 12.1. The van der Waals surface area contributed by atoms with Crippen molar-refractivity contribution in [1.82, 2.24) is 4.57 Å². The molecule has 5 heteroatoms. The maximum absolute atomic E-state index is 12.1. The third kappa shape index (κ3) is 2.88. The molecule has 2 aromatic rings. The van der Waals surface area contributed by atoms with Crippen LogP contribution in [0.1, 0.15) is 34.9 Å². The van der Waals surface area contributed by atoms with Crippen molar-refractivity contribution in [3.05, 3.63) is 52.3 Å². The normalized spacial score (nSPS) is 14.2. The van der Waals surface area contributed by atoms with E-state index in [-0.39, 0.29) is 12.6 Å². The molecular formula is C15H15BrN2O2. The standard InChI is InChI=1S/C15H15BrN2O2/c16-11-3-1-10(2-4-11)9-20-15(19)14-7-12(17)8-18(14)13-5-6-13/h1-4,7-8,13H,5-6,9,17H2. The summed E-state index contributed by atoms with van der Waals surface area (Å²) in [5.41, 5.74) is 7.88. The first-order valence-corrected chi connectivity index (χ1v) is 7.32. The van der Waals surface area contributed by atoms with Crippen molar-refractivity contribution in [1.29, 1.82) is 0 Å². The highest BCUT2D eigenvalue weighted by atomic mass is 79.9. The Bertz CT molecular complexity index is 630. The van der Waals surface area contributed by atoms with Gasteiger partial charge in [-0.3, -0.25) is 0 Å². The van der Waals surface area contributed by atoms with Crippen LogP contribution in [0.2, 0.25) is 0 Å². The molecule has 0 atom stereocenters. The van der Waals surface area contributed by atoms with Gasteiger partial charge in [0.15, 0.2) is 0 Å². The van der Waals surface area contributed by atoms with Gasteiger partial charge in [-0.1, -0.05) is 28.1 Å². The molecule has 0 unspecified atom stereocenters. The number of carbonyl (C=O) groups excluding carboxylic acids is 1. The topological polar surface area (TPSA) is 57.3 Å². The number of nitrogens with zero attached hydrogens (tertiary/aromatic N) is 1. The number of hydrogen-bond acceptors (Lipinski definition) is 3. The number of carbonyl (C=O) groups is 1. The zero-order valence-corrected chi connectivity index (χ0v) is 12.5. The number of rotatable bonds is 4. The molecule has 1 saturated carbocycles. The number of anilines is 1. The van der Waals surface area contributed by atoms with E-state index in [1.165, 1.54) is 0 Å². The first-order chi connectivity index (χ1) is 9.63. The van der Waals surface area contributed by atoms with E-state index in [9.17, 15) is 4.79 Å². The van der Waals surface area contributed by atoms with Crippen LogP contribution in [-0.4, -0.2) is 10.5 Å². The molecule has 0 aliphatic heterocycles. The molecule has 20 heavy (non-hydrogen) atoms. The van der Waals surface area contributed by atoms with E-state index in [1.807, 2.05) is 35.0 Å². The van der Waals surface area contributed by atoms with E-state index in [1.54, 1.807) is 6.07 Å². The number of nitrogen functional groups attached to an aromatic ring is 1. The summed E-state index contributed by atoms with van der Waals surface area (Å²) < 4.78 is 8.29. The molecule has 0 bridgehead atoms. The molecule has 1 aromatic heterocycles. The lowest BCUT2D eigenvalue weighted by Gasteiger charge is -2.08. The Morgan fingerprint density at radius 2 is 2.05 bits per heavy atom. The highest BCUT2D eigenvalue weighted by Crippen LogP contribution is 2.37. The van der Waals surface area contributed by atoms with Crippen molar-refractivity contribution < 1.29 is 9.53 Å². The predicted molar refractivity (Wildman–Crippen MR) is 80.4 cm³/mol. The number of halogens is 1. The van der Waals surface area contributed by atoms with Crippen LogP contribution in [-0.2, 0) is 11.3 Å². The highest BCUT2D eigenvalue weighted by molar-refractivity contribution is 9.10. The van der Waals surface area contributed by atoms with Gasteiger partial charge in [-0.15, -0.1) is 0 Å². The van der Waals surface area contributed by atoms with Crippen molar-refractivity contribution >= 4 is 27.6 Å². The van der Waals surface area contributed by atoms with Crippen molar-refractivity contribution in [2.24, 2.45) is 0 Å². The second-order valence-corrected chi connectivity index (χ2v) is 5.92. The Morgan fingerprint density at radius 1 is 1.35 bits per heavy atom. The van der Waals surface area contributed by atoms with Crippen LogP contribution < -0.4 is 5.73 Å². The van der Waals surface area contributed by atoms with Crippen LogP contribution >= 0.6 is 15.9 Å². The monoisotopic (exact) mass is 334 g/mol. The molecule has 0 saturated heterocycles. The lowest BCUT2D eigenvalue weighted by atomic mass is 10.2. The minimum Gasteiger partial charge on any atom is -0.456 e. The third-order valence-corrected chi connectivity index (χ3v) is 3.83. The molecule has 3 rings (SSSR count). The molecule has 1 aromatic carbocycles. The predicted octanol–water partition coefficient (Wildman–Crippen LogP) is 3.52. The Morgan fingerprint density at radius 3 is 2.70 bits per heavy atom. The molecule has 0 spiro atoms. The van der Waals surface area contributed by atoms with Crippen molar-refractivity contribution in [3.8, 4) is 0 Å². The second-order valence-electron chi connectivity index (χ2n) is 5.00. The van der Waals surface area contributed by atoms with Gasteiger partial charge < -0.3 is 15.0 Å². The largest absolute Gasteiger partial charge is 0.456 e. The van der Waals surface area contributed by atoms with E-state index in [4.69, 9.17) is 10.5 Å². The SMILES string of the molecule is Nc1cc(C(=O)OCc2ccc(Br)cc2)n(C2CC2)c1. The Labute approximate surface area is 125 Å². The van der Waals surface area contributed by atoms with Gasteiger partial charge in [-0.25, -0.2) is 4.79 Å². The molecular weight excluding hydrogens is 320 g/mol. The minimum absolute atomic E-state index is 0.266. The number of nitrogens with two attached hydrogens (primary N) is 1. The first-order valence-electron chi connectivity index (χ1n) is 6.52. The van der Waals surface area contributed by atoms with Gasteiger partial charge in [-0.2, -0.15) is 0 Å². The Kier molecular flexibility index (Phi) is 3.53. The van der Waals surface area contributed by atoms with Crippen LogP contribution in [0.25, 0.3) is 0 Å². The summed E-state index contributed by atoms with van der Waals surface area (Å²) in [5.74, 6) is -0.323. The fourth-order valence-electron chi connectivity index (χ4n) is 2.12. The fourth-order valence-corrected chi connectivity index (χ4v) is 2.39. The Balaban J connectivity index is 1.68. The van der Waals surface area contributed by atoms with E-state index >= 15 is 0 Å². The van der Waals surface area contributed by atoms with Gasteiger partial charge in [0, 0.05) is 16.7 Å². The van der Waals surface area contributed by atoms with Gasteiger partial charge in [0.1, 0.15) is 12.3 Å². The highest BCUT2D eigenvalue weighted by Gasteiger charge is 2.28. The molecule has 1 heterocycles. The molecule has 104 valence electrons. The first kappa shape index (κ1) is 13.2. The van der Waals surface area contributed by atoms with Crippen molar-refractivity contribution in [2.75, 3.05) is 5.73 Å². The van der Waals surface area contributed by atoms with Crippen LogP contribution in [0.5, 0.6) is 0 Å². The zero-order chi connectivity index (χ0) is 14.1. The molecule has 1 aliphatic carbocycles. The van der Waals surface area contributed by atoms with E-state index in [2.05, 4.69) is 15.9 Å². The van der Waals surface area contributed by atoms with E-state index < -0.39 is 0 Å². The molecule has 2 N–H and O–H groups in total. The van der Waals surface area contributed by atoms with Crippen LogP contribution in [0, 0.1) is 0 Å². The van der Waals surface area contributed by atoms with Gasteiger partial charge >= 0.3 is 5.97 Å². The van der Waals surface area contributed by atoms with E-state index in [0.717, 1.165) is 22.9 Å². The van der Waals surface area contributed by atoms with Gasteiger partial charge in [-0.05, 0) is 36.6 Å². The summed E-state index contributed by atoms with van der Waals surface area (Å²) in [6, 6.07) is 9.78. The summed E-state index contributed by atoms with van der Waals surface area (Å²) in [6.45, 7) is 0.266. The van der Waals surface area contributed by atoms with Crippen LogP contribution in [0.3, 0.4) is 0 Å². The number of hydrogen-bond donors (Lipinski definition) is 1. The minimum atomic E-state index is -0.323. The summed E-state index contributed by atoms with van der Waals surface area (Å²) in [6.07, 6.45) is 4.01. The average molecular weight is 335 g/mol.